The Bertz CT molecular complexity index is 660. The number of likely N-dealkylation sites (tertiary alicyclic amines) is 1. The molecule has 0 aliphatic carbocycles. The van der Waals surface area contributed by atoms with Crippen molar-refractivity contribution in [3.05, 3.63) is 30.0 Å². The van der Waals surface area contributed by atoms with Crippen molar-refractivity contribution in [3.63, 3.8) is 0 Å². The first-order chi connectivity index (χ1) is 11.3. The fraction of sp³-hybridized carbons (Fsp3) is 0.579. The van der Waals surface area contributed by atoms with E-state index in [-0.39, 0.29) is 0 Å². The number of H-pyrrole nitrogens is 1. The summed E-state index contributed by atoms with van der Waals surface area (Å²) < 4.78 is 5.41. The Morgan fingerprint density at radius 1 is 1.22 bits per heavy atom. The number of hydrogen-bond acceptors (Lipinski definition) is 2. The highest BCUT2D eigenvalue weighted by molar-refractivity contribution is 5.85. The van der Waals surface area contributed by atoms with E-state index in [1.807, 2.05) is 6.07 Å². The van der Waals surface area contributed by atoms with Crippen LogP contribution < -0.4 is 10.1 Å². The molecule has 2 aliphatic heterocycles. The number of nitrogens with one attached hydrogen (secondary N) is 1. The summed E-state index contributed by atoms with van der Waals surface area (Å²) in [5.74, 6) is 1.53. The van der Waals surface area contributed by atoms with E-state index in [4.69, 9.17) is 10.1 Å². The molecule has 1 N–H and O–H groups in total. The number of aromatic amines is 1. The molecule has 123 valence electrons. The van der Waals surface area contributed by atoms with Gasteiger partial charge in [0, 0.05) is 23.6 Å². The average Bonchev–Trinajstić information content (AvgIpc) is 3.05. The zero-order chi connectivity index (χ0) is 15.6. The van der Waals surface area contributed by atoms with Crippen molar-refractivity contribution in [2.24, 2.45) is 0 Å². The van der Waals surface area contributed by atoms with Crippen LogP contribution in [0.4, 0.5) is 0 Å². The number of ether oxygens (including phenoxy) is 1. The number of nitrogens with zero attached hydrogens (tertiary/aromatic N) is 2. The molecular formula is C19H26N3O. The first kappa shape index (κ1) is 15.0. The summed E-state index contributed by atoms with van der Waals surface area (Å²) in [5.41, 5.74) is 2.65. The lowest BCUT2D eigenvalue weighted by molar-refractivity contribution is 0.104. The summed E-state index contributed by atoms with van der Waals surface area (Å²) in [7, 11) is 1.74. The predicted molar refractivity (Wildman–Crippen MR) is 93.0 cm³/mol. The van der Waals surface area contributed by atoms with Crippen LogP contribution in [0.3, 0.4) is 0 Å². The normalized spacial score (nSPS) is 26.5. The zero-order valence-electron chi connectivity index (χ0n) is 13.9. The van der Waals surface area contributed by atoms with Crippen LogP contribution in [0, 0.1) is 0 Å². The molecule has 1 radical (unpaired) electrons. The van der Waals surface area contributed by atoms with Gasteiger partial charge in [0.1, 0.15) is 5.75 Å². The number of fused-ring (bicyclic) bond motifs is 1. The van der Waals surface area contributed by atoms with Gasteiger partial charge in [0.05, 0.1) is 13.3 Å². The molecule has 3 heterocycles. The molecular weight excluding hydrogens is 286 g/mol. The van der Waals surface area contributed by atoms with Gasteiger partial charge in [0.2, 0.25) is 0 Å². The summed E-state index contributed by atoms with van der Waals surface area (Å²) >= 11 is 0. The van der Waals surface area contributed by atoms with Gasteiger partial charge in [-0.3, -0.25) is 4.90 Å². The molecule has 0 saturated carbocycles. The second-order valence-electron chi connectivity index (χ2n) is 6.86. The lowest BCUT2D eigenvalue weighted by atomic mass is 9.87. The van der Waals surface area contributed by atoms with E-state index in [1.165, 1.54) is 48.8 Å². The molecule has 0 spiro atoms. The van der Waals surface area contributed by atoms with E-state index in [2.05, 4.69) is 28.2 Å². The number of hydrogen-bond donors (Lipinski definition) is 1. The molecule has 4 heteroatoms. The SMILES string of the molecule is COc1ccc2[nH]cc(C3CC[N]C(N4CCCCC4)C3)c2c1. The monoisotopic (exact) mass is 312 g/mol. The van der Waals surface area contributed by atoms with E-state index in [0.29, 0.717) is 12.1 Å². The largest absolute Gasteiger partial charge is 0.497 e. The number of benzene rings is 1. The first-order valence-corrected chi connectivity index (χ1v) is 8.91. The third-order valence-electron chi connectivity index (χ3n) is 5.49. The minimum absolute atomic E-state index is 0.421. The Balaban J connectivity index is 1.57. The minimum atomic E-state index is 0.421. The quantitative estimate of drug-likeness (QED) is 0.943. The standard InChI is InChI=1S/C19H26N3O/c1-23-15-5-6-18-16(12-15)17(13-21-18)14-7-8-20-19(11-14)22-9-3-2-4-10-22/h5-6,12-14,19,21H,2-4,7-11H2,1H3. The van der Waals surface area contributed by atoms with Gasteiger partial charge in [0.15, 0.2) is 0 Å². The fourth-order valence-electron chi connectivity index (χ4n) is 4.18. The number of rotatable bonds is 3. The maximum Gasteiger partial charge on any atom is 0.119 e. The van der Waals surface area contributed by atoms with Crippen LogP contribution in [0.5, 0.6) is 5.75 Å². The van der Waals surface area contributed by atoms with Gasteiger partial charge in [-0.25, -0.2) is 5.32 Å². The van der Waals surface area contributed by atoms with Crippen LogP contribution >= 0.6 is 0 Å². The molecule has 2 unspecified atom stereocenters. The highest BCUT2D eigenvalue weighted by atomic mass is 16.5. The van der Waals surface area contributed by atoms with Gasteiger partial charge in [-0.1, -0.05) is 6.42 Å². The van der Waals surface area contributed by atoms with Gasteiger partial charge >= 0.3 is 0 Å². The van der Waals surface area contributed by atoms with E-state index in [1.54, 1.807) is 7.11 Å². The van der Waals surface area contributed by atoms with Gasteiger partial charge in [-0.05, 0) is 68.5 Å². The molecule has 4 rings (SSSR count). The molecule has 2 aliphatic rings. The lowest BCUT2D eigenvalue weighted by Crippen LogP contribution is -2.48. The van der Waals surface area contributed by atoms with E-state index in [9.17, 15) is 0 Å². The second kappa shape index (κ2) is 6.54. The topological polar surface area (TPSA) is 42.4 Å². The van der Waals surface area contributed by atoms with Crippen molar-refractivity contribution < 1.29 is 4.74 Å². The van der Waals surface area contributed by atoms with E-state index < -0.39 is 0 Å². The smallest absolute Gasteiger partial charge is 0.119 e. The van der Waals surface area contributed by atoms with Gasteiger partial charge in [0.25, 0.3) is 0 Å². The van der Waals surface area contributed by atoms with E-state index in [0.717, 1.165) is 25.1 Å². The Labute approximate surface area is 138 Å². The summed E-state index contributed by atoms with van der Waals surface area (Å²) in [6, 6.07) is 6.31. The first-order valence-electron chi connectivity index (χ1n) is 8.91. The zero-order valence-corrected chi connectivity index (χ0v) is 13.9. The van der Waals surface area contributed by atoms with E-state index >= 15 is 0 Å². The summed E-state index contributed by atoms with van der Waals surface area (Å²) in [6.07, 6.45) is 8.99. The number of methoxy groups -OCH3 is 1. The minimum Gasteiger partial charge on any atom is -0.497 e. The average molecular weight is 312 g/mol. The maximum atomic E-state index is 5.41. The number of piperidine rings is 2. The molecule has 23 heavy (non-hydrogen) atoms. The maximum absolute atomic E-state index is 5.41. The van der Waals surface area contributed by atoms with Crippen molar-refractivity contribution >= 4 is 10.9 Å². The Hall–Kier alpha value is -1.52. The lowest BCUT2D eigenvalue weighted by Gasteiger charge is -2.39. The fourth-order valence-corrected chi connectivity index (χ4v) is 4.18. The van der Waals surface area contributed by atoms with Crippen molar-refractivity contribution in [2.75, 3.05) is 26.7 Å². The van der Waals surface area contributed by atoms with Crippen LogP contribution in [-0.4, -0.2) is 42.8 Å². The predicted octanol–water partition coefficient (Wildman–Crippen LogP) is 3.47. The molecule has 0 amide bonds. The summed E-state index contributed by atoms with van der Waals surface area (Å²) in [5, 5.41) is 6.23. The molecule has 0 bridgehead atoms. The van der Waals surface area contributed by atoms with Crippen molar-refractivity contribution in [1.29, 1.82) is 0 Å². The molecule has 2 saturated heterocycles. The molecule has 2 atom stereocenters. The third kappa shape index (κ3) is 2.98. The molecule has 2 aromatic rings. The van der Waals surface area contributed by atoms with Crippen LogP contribution in [0.2, 0.25) is 0 Å². The van der Waals surface area contributed by atoms with Crippen LogP contribution in [0.1, 0.15) is 43.6 Å². The number of aromatic nitrogens is 1. The molecule has 1 aromatic carbocycles. The highest BCUT2D eigenvalue weighted by Crippen LogP contribution is 2.36. The Morgan fingerprint density at radius 2 is 2.09 bits per heavy atom. The van der Waals surface area contributed by atoms with Gasteiger partial charge in [-0.15, -0.1) is 0 Å². The summed E-state index contributed by atoms with van der Waals surface area (Å²) in [6.45, 7) is 3.44. The molecule has 1 aromatic heterocycles. The summed E-state index contributed by atoms with van der Waals surface area (Å²) in [4.78, 5) is 6.03. The van der Waals surface area contributed by atoms with Crippen molar-refractivity contribution in [2.45, 2.75) is 44.2 Å². The van der Waals surface area contributed by atoms with Gasteiger partial charge < -0.3 is 9.72 Å². The van der Waals surface area contributed by atoms with Crippen molar-refractivity contribution in [3.8, 4) is 5.75 Å². The van der Waals surface area contributed by atoms with Crippen LogP contribution in [0.15, 0.2) is 24.4 Å². The van der Waals surface area contributed by atoms with Crippen molar-refractivity contribution in [1.82, 2.24) is 15.2 Å². The third-order valence-corrected chi connectivity index (χ3v) is 5.49. The highest BCUT2D eigenvalue weighted by Gasteiger charge is 2.30. The van der Waals surface area contributed by atoms with Crippen LogP contribution in [-0.2, 0) is 0 Å². The second-order valence-corrected chi connectivity index (χ2v) is 6.86. The van der Waals surface area contributed by atoms with Crippen LogP contribution in [0.25, 0.3) is 10.9 Å². The molecule has 2 fully saturated rings. The van der Waals surface area contributed by atoms with Gasteiger partial charge in [-0.2, -0.15) is 0 Å². The molecule has 4 nitrogen and oxygen atoms in total. The Morgan fingerprint density at radius 3 is 2.91 bits per heavy atom. The Kier molecular flexibility index (Phi) is 4.27.